The normalized spacial score (nSPS) is 28.9. The van der Waals surface area contributed by atoms with Crippen molar-refractivity contribution in [2.24, 2.45) is 5.92 Å². The SMILES string of the molecule is CC(C)(C)OC(=O)N[C@H]1CCCCC/C=C\[C@@H]2C[C@@]2(C(=O)NS(=O)(=O)C2CC2)NC(=O)[C@@H]2C[C@@H](OC(=O)N3Cc4cccc(Br)c4C3)CN2C1=O. The molecule has 1 saturated heterocycles. The van der Waals surface area contributed by atoms with Crippen LogP contribution in [0.2, 0.25) is 0 Å². The minimum Gasteiger partial charge on any atom is -0.444 e. The number of allylic oxidation sites excluding steroid dienone is 1. The molecule has 3 heterocycles. The van der Waals surface area contributed by atoms with Crippen LogP contribution in [0.1, 0.15) is 89.7 Å². The zero-order valence-corrected chi connectivity index (χ0v) is 31.5. The van der Waals surface area contributed by atoms with Crippen molar-refractivity contribution in [2.75, 3.05) is 6.54 Å². The number of sulfonamides is 1. The van der Waals surface area contributed by atoms with E-state index in [1.165, 1.54) is 4.90 Å². The summed E-state index contributed by atoms with van der Waals surface area (Å²) in [5.41, 5.74) is -0.393. The number of halogens is 1. The first-order chi connectivity index (χ1) is 24.1. The van der Waals surface area contributed by atoms with Gasteiger partial charge < -0.3 is 25.0 Å². The number of carbonyl (C=O) groups is 5. The molecule has 6 rings (SSSR count). The number of ether oxygens (including phenoxy) is 2. The second kappa shape index (κ2) is 14.4. The molecule has 1 aromatic rings. The van der Waals surface area contributed by atoms with E-state index in [4.69, 9.17) is 9.47 Å². The number of amides is 5. The number of alkyl carbamates (subject to hydrolysis) is 1. The monoisotopic (exact) mass is 791 g/mol. The fourth-order valence-electron chi connectivity index (χ4n) is 7.02. The summed E-state index contributed by atoms with van der Waals surface area (Å²) in [5.74, 6) is -2.49. The van der Waals surface area contributed by atoms with E-state index in [2.05, 4.69) is 31.3 Å². The van der Waals surface area contributed by atoms with Crippen LogP contribution in [0.3, 0.4) is 0 Å². The van der Waals surface area contributed by atoms with Crippen molar-refractivity contribution in [3.05, 3.63) is 46.0 Å². The van der Waals surface area contributed by atoms with Crippen molar-refractivity contribution in [3.63, 3.8) is 0 Å². The lowest BCUT2D eigenvalue weighted by Crippen LogP contribution is -2.58. The Hall–Kier alpha value is -3.66. The molecule has 5 atom stereocenters. The lowest BCUT2D eigenvalue weighted by Gasteiger charge is -2.30. The van der Waals surface area contributed by atoms with Gasteiger partial charge in [-0.1, -0.05) is 53.1 Å². The van der Waals surface area contributed by atoms with Gasteiger partial charge in [-0.15, -0.1) is 0 Å². The highest BCUT2D eigenvalue weighted by Gasteiger charge is 2.62. The predicted molar refractivity (Wildman–Crippen MR) is 188 cm³/mol. The van der Waals surface area contributed by atoms with E-state index in [1.54, 1.807) is 25.7 Å². The molecule has 3 aliphatic heterocycles. The second-order valence-corrected chi connectivity index (χ2v) is 18.0. The van der Waals surface area contributed by atoms with E-state index >= 15 is 0 Å². The first kappa shape index (κ1) is 37.1. The van der Waals surface area contributed by atoms with E-state index in [-0.39, 0.29) is 25.8 Å². The fourth-order valence-corrected chi connectivity index (χ4v) is 8.92. The molecule has 1 aromatic carbocycles. The van der Waals surface area contributed by atoms with Crippen LogP contribution in [0.5, 0.6) is 0 Å². The molecule has 0 unspecified atom stereocenters. The van der Waals surface area contributed by atoms with Gasteiger partial charge in [0.1, 0.15) is 29.3 Å². The molecule has 51 heavy (non-hydrogen) atoms. The maximum absolute atomic E-state index is 14.3. The Balaban J connectivity index is 1.25. The maximum Gasteiger partial charge on any atom is 0.410 e. The summed E-state index contributed by atoms with van der Waals surface area (Å²) < 4.78 is 39.9. The topological polar surface area (TPSA) is 181 Å². The zero-order valence-electron chi connectivity index (χ0n) is 29.1. The van der Waals surface area contributed by atoms with Gasteiger partial charge >= 0.3 is 12.2 Å². The molecule has 0 spiro atoms. The van der Waals surface area contributed by atoms with Gasteiger partial charge in [-0.3, -0.25) is 24.0 Å². The van der Waals surface area contributed by atoms with Crippen molar-refractivity contribution in [1.29, 1.82) is 0 Å². The molecule has 0 radical (unpaired) electrons. The number of hydrogen-bond donors (Lipinski definition) is 3. The molecule has 5 aliphatic rings. The standard InChI is InChI=1S/C35H46BrN5O9S/c1-34(2,3)50-32(45)37-27-13-8-6-4-5-7-11-22-17-35(22,31(44)39-51(47,48)24-14-15-24)38-29(42)28-16-23(19-41(28)30(27)43)49-33(46)40-18-21-10-9-12-26(36)25(21)20-40/h7,9-12,22-24,27-28H,4-6,8,13-20H2,1-3H3,(H,37,45)(H,38,42)(H,39,44)/b11-7-/t22-,23-,27+,28+,35-/m1/s1. The van der Waals surface area contributed by atoms with Crippen LogP contribution in [0, 0.1) is 5.92 Å². The van der Waals surface area contributed by atoms with Crippen LogP contribution < -0.4 is 15.4 Å². The van der Waals surface area contributed by atoms with Gasteiger partial charge in [-0.05, 0) is 76.5 Å². The number of nitrogens with one attached hydrogen (secondary N) is 3. The predicted octanol–water partition coefficient (Wildman–Crippen LogP) is 3.77. The van der Waals surface area contributed by atoms with E-state index in [9.17, 15) is 32.4 Å². The lowest BCUT2D eigenvalue weighted by molar-refractivity contribution is -0.141. The van der Waals surface area contributed by atoms with Gasteiger partial charge in [-0.2, -0.15) is 0 Å². The van der Waals surface area contributed by atoms with E-state index in [1.807, 2.05) is 30.4 Å². The maximum atomic E-state index is 14.3. The Morgan fingerprint density at radius 2 is 1.82 bits per heavy atom. The Morgan fingerprint density at radius 1 is 1.06 bits per heavy atom. The van der Waals surface area contributed by atoms with Crippen LogP contribution in [-0.2, 0) is 47.0 Å². The number of benzene rings is 1. The average Bonchev–Trinajstić information content (AvgIpc) is 3.93. The first-order valence-corrected chi connectivity index (χ1v) is 20.0. The van der Waals surface area contributed by atoms with Crippen molar-refractivity contribution >= 4 is 55.9 Å². The third kappa shape index (κ3) is 8.53. The molecule has 2 saturated carbocycles. The molecular weight excluding hydrogens is 746 g/mol. The molecule has 2 aliphatic carbocycles. The first-order valence-electron chi connectivity index (χ1n) is 17.6. The Morgan fingerprint density at radius 3 is 2.53 bits per heavy atom. The smallest absolute Gasteiger partial charge is 0.410 e. The Bertz CT molecular complexity index is 1730. The van der Waals surface area contributed by atoms with E-state index < -0.39 is 80.4 Å². The zero-order chi connectivity index (χ0) is 36.7. The highest BCUT2D eigenvalue weighted by Crippen LogP contribution is 2.46. The number of carbonyl (C=O) groups excluding carboxylic acids is 5. The van der Waals surface area contributed by atoms with Crippen molar-refractivity contribution < 1.29 is 41.9 Å². The molecule has 0 bridgehead atoms. The summed E-state index contributed by atoms with van der Waals surface area (Å²) in [6.45, 7) is 5.67. The number of nitrogens with zero attached hydrogens (tertiary/aromatic N) is 2. The van der Waals surface area contributed by atoms with Gasteiger partial charge in [-0.25, -0.2) is 18.0 Å². The molecule has 3 fully saturated rings. The van der Waals surface area contributed by atoms with Gasteiger partial charge in [0.25, 0.3) is 5.91 Å². The van der Waals surface area contributed by atoms with Crippen LogP contribution in [0.15, 0.2) is 34.8 Å². The Labute approximate surface area is 306 Å². The summed E-state index contributed by atoms with van der Waals surface area (Å²) in [6.07, 6.45) is 5.65. The van der Waals surface area contributed by atoms with Crippen LogP contribution in [-0.4, -0.2) is 89.2 Å². The highest BCUT2D eigenvalue weighted by atomic mass is 79.9. The Kier molecular flexibility index (Phi) is 10.5. The third-order valence-electron chi connectivity index (χ3n) is 9.99. The van der Waals surface area contributed by atoms with Crippen molar-refractivity contribution in [3.8, 4) is 0 Å². The van der Waals surface area contributed by atoms with Gasteiger partial charge in [0, 0.05) is 23.4 Å². The van der Waals surface area contributed by atoms with E-state index in [0.29, 0.717) is 38.8 Å². The quantitative estimate of drug-likeness (QED) is 0.375. The van der Waals surface area contributed by atoms with Crippen LogP contribution in [0.25, 0.3) is 0 Å². The van der Waals surface area contributed by atoms with Crippen LogP contribution >= 0.6 is 15.9 Å². The van der Waals surface area contributed by atoms with Gasteiger partial charge in [0.2, 0.25) is 21.8 Å². The van der Waals surface area contributed by atoms with Crippen molar-refractivity contribution in [2.45, 2.75) is 126 Å². The van der Waals surface area contributed by atoms with Crippen LogP contribution in [0.4, 0.5) is 9.59 Å². The molecule has 14 nitrogen and oxygen atoms in total. The summed E-state index contributed by atoms with van der Waals surface area (Å²) >= 11 is 3.53. The molecular formula is C35H46BrN5O9S. The average molecular weight is 793 g/mol. The second-order valence-electron chi connectivity index (χ2n) is 15.2. The van der Waals surface area contributed by atoms with Gasteiger partial charge in [0.15, 0.2) is 0 Å². The minimum absolute atomic E-state index is 0.0640. The summed E-state index contributed by atoms with van der Waals surface area (Å²) in [6, 6.07) is 3.51. The summed E-state index contributed by atoms with van der Waals surface area (Å²) in [4.78, 5) is 71.3. The molecule has 278 valence electrons. The molecule has 5 amide bonds. The highest BCUT2D eigenvalue weighted by molar-refractivity contribution is 9.10. The molecule has 16 heteroatoms. The van der Waals surface area contributed by atoms with Crippen molar-refractivity contribution in [1.82, 2.24) is 25.2 Å². The number of hydrogen-bond acceptors (Lipinski definition) is 9. The summed E-state index contributed by atoms with van der Waals surface area (Å²) in [7, 11) is -3.90. The van der Waals surface area contributed by atoms with E-state index in [0.717, 1.165) is 28.4 Å². The molecule has 3 N–H and O–H groups in total. The third-order valence-corrected chi connectivity index (χ3v) is 12.5. The summed E-state index contributed by atoms with van der Waals surface area (Å²) in [5, 5.41) is 4.87. The number of fused-ring (bicyclic) bond motifs is 3. The van der Waals surface area contributed by atoms with Gasteiger partial charge in [0.05, 0.1) is 18.3 Å². The fraction of sp³-hybridized carbons (Fsp3) is 0.629. The molecule has 0 aromatic heterocycles. The lowest BCUT2D eigenvalue weighted by atomic mass is 10.0. The minimum atomic E-state index is -3.90. The number of rotatable bonds is 5. The largest absolute Gasteiger partial charge is 0.444 e.